The normalized spacial score (nSPS) is 12.4. The summed E-state index contributed by atoms with van der Waals surface area (Å²) < 4.78 is 45.7. The summed E-state index contributed by atoms with van der Waals surface area (Å²) in [6.45, 7) is 4.30. The SMILES string of the molecule is CCn1c(SCC(=O)Nc2ccc(C(F)(F)F)cc2)nnc1C(C)Oc1ccccc1Cl. The minimum Gasteiger partial charge on any atom is -0.481 e. The fourth-order valence-corrected chi connectivity index (χ4v) is 3.85. The Hall–Kier alpha value is -2.72. The van der Waals surface area contributed by atoms with E-state index in [9.17, 15) is 18.0 Å². The molecule has 11 heteroatoms. The van der Waals surface area contributed by atoms with Gasteiger partial charge < -0.3 is 14.6 Å². The van der Waals surface area contributed by atoms with Crippen molar-refractivity contribution in [2.24, 2.45) is 0 Å². The highest BCUT2D eigenvalue weighted by molar-refractivity contribution is 7.99. The fourth-order valence-electron chi connectivity index (χ4n) is 2.86. The number of hydrogen-bond donors (Lipinski definition) is 1. The first-order valence-corrected chi connectivity index (χ1v) is 11.0. The number of carbonyl (C=O) groups excluding carboxylic acids is 1. The van der Waals surface area contributed by atoms with E-state index >= 15 is 0 Å². The van der Waals surface area contributed by atoms with E-state index in [1.54, 1.807) is 18.2 Å². The van der Waals surface area contributed by atoms with E-state index in [0.29, 0.717) is 28.3 Å². The number of nitrogens with one attached hydrogen (secondary N) is 1. The van der Waals surface area contributed by atoms with Gasteiger partial charge in [0, 0.05) is 12.2 Å². The molecule has 3 aromatic rings. The van der Waals surface area contributed by atoms with Crippen molar-refractivity contribution in [3.63, 3.8) is 0 Å². The second kappa shape index (κ2) is 10.3. The molecule has 0 aliphatic rings. The van der Waals surface area contributed by atoms with E-state index < -0.39 is 17.8 Å². The molecule has 0 saturated heterocycles. The van der Waals surface area contributed by atoms with Gasteiger partial charge in [-0.05, 0) is 50.2 Å². The monoisotopic (exact) mass is 484 g/mol. The maximum Gasteiger partial charge on any atom is 0.416 e. The van der Waals surface area contributed by atoms with Gasteiger partial charge in [0.1, 0.15) is 5.75 Å². The average molecular weight is 485 g/mol. The number of rotatable bonds is 8. The molecule has 1 N–H and O–H groups in total. The van der Waals surface area contributed by atoms with Crippen molar-refractivity contribution in [3.05, 3.63) is 64.9 Å². The van der Waals surface area contributed by atoms with Gasteiger partial charge in [-0.25, -0.2) is 0 Å². The lowest BCUT2D eigenvalue weighted by molar-refractivity contribution is -0.137. The molecule has 1 heterocycles. The smallest absolute Gasteiger partial charge is 0.416 e. The van der Waals surface area contributed by atoms with Crippen LogP contribution in [0.25, 0.3) is 0 Å². The van der Waals surface area contributed by atoms with Crippen molar-refractivity contribution in [2.75, 3.05) is 11.1 Å². The molecule has 0 spiro atoms. The molecule has 1 atom stereocenters. The number of benzene rings is 2. The van der Waals surface area contributed by atoms with Gasteiger partial charge in [-0.3, -0.25) is 4.79 Å². The molecule has 170 valence electrons. The van der Waals surface area contributed by atoms with E-state index in [0.717, 1.165) is 12.1 Å². The second-order valence-electron chi connectivity index (χ2n) is 6.69. The average Bonchev–Trinajstić information content (AvgIpc) is 3.17. The van der Waals surface area contributed by atoms with Crippen LogP contribution in [0.5, 0.6) is 5.75 Å². The molecule has 1 aromatic heterocycles. The zero-order chi connectivity index (χ0) is 23.3. The molecule has 0 fully saturated rings. The Kier molecular flexibility index (Phi) is 7.68. The van der Waals surface area contributed by atoms with E-state index in [-0.39, 0.29) is 17.3 Å². The number of amides is 1. The van der Waals surface area contributed by atoms with Crippen LogP contribution in [0.4, 0.5) is 18.9 Å². The highest BCUT2D eigenvalue weighted by atomic mass is 35.5. The maximum absolute atomic E-state index is 12.6. The first-order chi connectivity index (χ1) is 15.2. The molecule has 0 radical (unpaired) electrons. The van der Waals surface area contributed by atoms with Gasteiger partial charge in [0.25, 0.3) is 0 Å². The van der Waals surface area contributed by atoms with Crippen LogP contribution in [-0.4, -0.2) is 26.4 Å². The summed E-state index contributed by atoms with van der Waals surface area (Å²) in [5.41, 5.74) is -0.496. The zero-order valence-corrected chi connectivity index (χ0v) is 18.8. The molecule has 3 rings (SSSR count). The summed E-state index contributed by atoms with van der Waals surface area (Å²) in [5.74, 6) is 0.747. The van der Waals surface area contributed by atoms with Crippen LogP contribution in [0, 0.1) is 0 Å². The van der Waals surface area contributed by atoms with E-state index in [2.05, 4.69) is 15.5 Å². The Morgan fingerprint density at radius 1 is 1.19 bits per heavy atom. The molecule has 0 saturated carbocycles. The van der Waals surface area contributed by atoms with Crippen molar-refractivity contribution in [1.29, 1.82) is 0 Å². The van der Waals surface area contributed by atoms with Crippen molar-refractivity contribution < 1.29 is 22.7 Å². The Bertz CT molecular complexity index is 1070. The quantitative estimate of drug-likeness (QED) is 0.407. The van der Waals surface area contributed by atoms with Gasteiger partial charge in [-0.15, -0.1) is 10.2 Å². The van der Waals surface area contributed by atoms with Crippen LogP contribution in [0.3, 0.4) is 0 Å². The topological polar surface area (TPSA) is 69.0 Å². The maximum atomic E-state index is 12.6. The zero-order valence-electron chi connectivity index (χ0n) is 17.2. The minimum atomic E-state index is -4.42. The number of carbonyl (C=O) groups is 1. The lowest BCUT2D eigenvalue weighted by atomic mass is 10.2. The van der Waals surface area contributed by atoms with Gasteiger partial charge in [0.05, 0.1) is 16.3 Å². The van der Waals surface area contributed by atoms with Crippen LogP contribution in [-0.2, 0) is 17.5 Å². The second-order valence-corrected chi connectivity index (χ2v) is 8.04. The third kappa shape index (κ3) is 5.95. The number of alkyl halides is 3. The molecular formula is C21H20ClF3N4O2S. The number of thioether (sulfide) groups is 1. The third-order valence-corrected chi connectivity index (χ3v) is 5.67. The van der Waals surface area contributed by atoms with Gasteiger partial charge in [-0.2, -0.15) is 13.2 Å². The summed E-state index contributed by atoms with van der Waals surface area (Å²) in [7, 11) is 0. The number of nitrogens with zero attached hydrogens (tertiary/aromatic N) is 3. The third-order valence-electron chi connectivity index (χ3n) is 4.39. The van der Waals surface area contributed by atoms with E-state index in [1.165, 1.54) is 23.9 Å². The summed E-state index contributed by atoms with van der Waals surface area (Å²) in [6, 6.07) is 11.4. The molecule has 0 aliphatic heterocycles. The minimum absolute atomic E-state index is 0.0128. The van der Waals surface area contributed by atoms with E-state index in [1.807, 2.05) is 24.5 Å². The number of ether oxygens (including phenoxy) is 1. The standard InChI is InChI=1S/C21H20ClF3N4O2S/c1-3-29-19(13(2)31-17-7-5-4-6-16(17)22)27-28-20(29)32-12-18(30)26-15-10-8-14(9-11-15)21(23,24)25/h4-11,13H,3,12H2,1-2H3,(H,26,30). The largest absolute Gasteiger partial charge is 0.481 e. The highest BCUT2D eigenvalue weighted by Crippen LogP contribution is 2.31. The number of para-hydroxylation sites is 1. The van der Waals surface area contributed by atoms with Crippen molar-refractivity contribution >= 4 is 35.0 Å². The van der Waals surface area contributed by atoms with Crippen molar-refractivity contribution in [1.82, 2.24) is 14.8 Å². The Balaban J connectivity index is 1.61. The summed E-state index contributed by atoms with van der Waals surface area (Å²) in [6.07, 6.45) is -4.86. The summed E-state index contributed by atoms with van der Waals surface area (Å²) >= 11 is 7.31. The Labute approximate surface area is 192 Å². The number of halogens is 4. The van der Waals surface area contributed by atoms with Gasteiger partial charge in [0.15, 0.2) is 17.1 Å². The molecular weight excluding hydrogens is 465 g/mol. The number of hydrogen-bond acceptors (Lipinski definition) is 5. The molecule has 0 aliphatic carbocycles. The Morgan fingerprint density at radius 3 is 2.50 bits per heavy atom. The van der Waals surface area contributed by atoms with E-state index in [4.69, 9.17) is 16.3 Å². The van der Waals surface area contributed by atoms with Crippen LogP contribution in [0.15, 0.2) is 53.7 Å². The lowest BCUT2D eigenvalue weighted by Crippen LogP contribution is -2.15. The van der Waals surface area contributed by atoms with Crippen molar-refractivity contribution in [3.8, 4) is 5.75 Å². The number of anilines is 1. The predicted octanol–water partition coefficient (Wildman–Crippen LogP) is 5.84. The molecule has 6 nitrogen and oxygen atoms in total. The first kappa shape index (κ1) is 23.9. The van der Waals surface area contributed by atoms with Crippen LogP contribution >= 0.6 is 23.4 Å². The number of aromatic nitrogens is 3. The first-order valence-electron chi connectivity index (χ1n) is 9.63. The van der Waals surface area contributed by atoms with Crippen LogP contribution in [0.1, 0.15) is 31.3 Å². The fraction of sp³-hybridized carbons (Fsp3) is 0.286. The molecule has 1 amide bonds. The lowest BCUT2D eigenvalue weighted by Gasteiger charge is -2.16. The molecule has 1 unspecified atom stereocenters. The highest BCUT2D eigenvalue weighted by Gasteiger charge is 2.30. The van der Waals surface area contributed by atoms with Gasteiger partial charge in [-0.1, -0.05) is 35.5 Å². The molecule has 32 heavy (non-hydrogen) atoms. The predicted molar refractivity (Wildman–Crippen MR) is 117 cm³/mol. The van der Waals surface area contributed by atoms with Gasteiger partial charge in [0.2, 0.25) is 5.91 Å². The van der Waals surface area contributed by atoms with Crippen LogP contribution in [0.2, 0.25) is 5.02 Å². The van der Waals surface area contributed by atoms with Crippen molar-refractivity contribution in [2.45, 2.75) is 37.8 Å². The van der Waals surface area contributed by atoms with Gasteiger partial charge >= 0.3 is 6.18 Å². The summed E-state index contributed by atoms with van der Waals surface area (Å²) in [4.78, 5) is 12.2. The molecule has 2 aromatic carbocycles. The van der Waals surface area contributed by atoms with Crippen LogP contribution < -0.4 is 10.1 Å². The molecule has 0 bridgehead atoms. The summed E-state index contributed by atoms with van der Waals surface area (Å²) in [5, 5.41) is 11.9. The Morgan fingerprint density at radius 2 is 1.88 bits per heavy atom.